The zero-order chi connectivity index (χ0) is 19.5. The molecule has 2 N–H and O–H groups in total. The molecule has 2 aromatic carbocycles. The largest absolute Gasteiger partial charge is 0.416 e. The van der Waals surface area contributed by atoms with E-state index in [0.29, 0.717) is 5.56 Å². The summed E-state index contributed by atoms with van der Waals surface area (Å²) in [6.07, 6.45) is -3.47. The number of amides is 1. The number of alkyl halides is 3. The molecule has 0 saturated carbocycles. The van der Waals surface area contributed by atoms with E-state index >= 15 is 0 Å². The molecule has 0 unspecified atom stereocenters. The second-order valence-electron chi connectivity index (χ2n) is 5.44. The van der Waals surface area contributed by atoms with Crippen molar-refractivity contribution < 1.29 is 26.4 Å². The lowest BCUT2D eigenvalue weighted by Crippen LogP contribution is -2.23. The van der Waals surface area contributed by atoms with Crippen LogP contribution in [0.3, 0.4) is 0 Å². The number of carbonyl (C=O) groups excluding carboxylic acids is 1. The van der Waals surface area contributed by atoms with Crippen molar-refractivity contribution in [1.82, 2.24) is 5.32 Å². The average Bonchev–Trinajstić information content (AvgIpc) is 2.51. The van der Waals surface area contributed by atoms with Gasteiger partial charge in [-0.15, -0.1) is 0 Å². The second kappa shape index (κ2) is 7.55. The lowest BCUT2D eigenvalue weighted by Gasteiger charge is -2.10. The van der Waals surface area contributed by atoms with E-state index in [1.807, 2.05) is 0 Å². The SMILES string of the molecule is CS(=O)(=O)Nc1ccc(CNC(=O)c2ccc(C(F)(F)F)cc2)c(Cl)c1. The molecule has 0 saturated heterocycles. The number of carbonyl (C=O) groups is 1. The van der Waals surface area contributed by atoms with E-state index < -0.39 is 27.7 Å². The molecule has 140 valence electrons. The van der Waals surface area contributed by atoms with Crippen molar-refractivity contribution in [2.45, 2.75) is 12.7 Å². The fourth-order valence-corrected chi connectivity index (χ4v) is 2.86. The maximum atomic E-state index is 12.5. The Morgan fingerprint density at radius 3 is 2.23 bits per heavy atom. The number of benzene rings is 2. The number of rotatable bonds is 5. The lowest BCUT2D eigenvalue weighted by atomic mass is 10.1. The maximum Gasteiger partial charge on any atom is 0.416 e. The predicted molar refractivity (Wildman–Crippen MR) is 92.5 cm³/mol. The molecule has 1 amide bonds. The Morgan fingerprint density at radius 2 is 1.73 bits per heavy atom. The number of sulfonamides is 1. The van der Waals surface area contributed by atoms with Crippen LogP contribution in [0.4, 0.5) is 18.9 Å². The van der Waals surface area contributed by atoms with Gasteiger partial charge in [0.05, 0.1) is 11.8 Å². The lowest BCUT2D eigenvalue weighted by molar-refractivity contribution is -0.137. The minimum absolute atomic E-state index is 0.0256. The van der Waals surface area contributed by atoms with Gasteiger partial charge in [-0.2, -0.15) is 13.2 Å². The fourth-order valence-electron chi connectivity index (χ4n) is 2.06. The third-order valence-corrected chi connectivity index (χ3v) is 4.23. The third-order valence-electron chi connectivity index (χ3n) is 3.27. The predicted octanol–water partition coefficient (Wildman–Crippen LogP) is 3.66. The molecule has 0 radical (unpaired) electrons. The molecular formula is C16H14ClF3N2O3S. The number of hydrogen-bond donors (Lipinski definition) is 2. The second-order valence-corrected chi connectivity index (χ2v) is 7.59. The first-order chi connectivity index (χ1) is 12.0. The summed E-state index contributed by atoms with van der Waals surface area (Å²) in [4.78, 5) is 12.0. The van der Waals surface area contributed by atoms with Crippen LogP contribution in [0.5, 0.6) is 0 Å². The molecule has 0 bridgehead atoms. The van der Waals surface area contributed by atoms with Gasteiger partial charge < -0.3 is 5.32 Å². The first kappa shape index (κ1) is 20.1. The van der Waals surface area contributed by atoms with Crippen LogP contribution < -0.4 is 10.0 Å². The van der Waals surface area contributed by atoms with E-state index in [-0.39, 0.29) is 22.8 Å². The summed E-state index contributed by atoms with van der Waals surface area (Å²) in [6, 6.07) is 8.22. The van der Waals surface area contributed by atoms with E-state index in [4.69, 9.17) is 11.6 Å². The summed E-state index contributed by atoms with van der Waals surface area (Å²) >= 11 is 6.05. The molecule has 0 aliphatic rings. The molecule has 0 fully saturated rings. The maximum absolute atomic E-state index is 12.5. The van der Waals surface area contributed by atoms with Gasteiger partial charge in [-0.05, 0) is 42.0 Å². The van der Waals surface area contributed by atoms with Crippen LogP contribution in [0, 0.1) is 0 Å². The minimum Gasteiger partial charge on any atom is -0.348 e. The number of nitrogens with one attached hydrogen (secondary N) is 2. The molecule has 0 heterocycles. The summed E-state index contributed by atoms with van der Waals surface area (Å²) in [5.74, 6) is -0.562. The highest BCUT2D eigenvalue weighted by molar-refractivity contribution is 7.92. The van der Waals surface area contributed by atoms with Crippen LogP contribution in [-0.4, -0.2) is 20.6 Å². The quantitative estimate of drug-likeness (QED) is 0.795. The topological polar surface area (TPSA) is 75.3 Å². The summed E-state index contributed by atoms with van der Waals surface area (Å²) in [5.41, 5.74) is 0.0249. The molecule has 5 nitrogen and oxygen atoms in total. The Kier molecular flexibility index (Phi) is 5.82. The van der Waals surface area contributed by atoms with E-state index in [1.54, 1.807) is 0 Å². The molecule has 0 aromatic heterocycles. The van der Waals surface area contributed by atoms with Crippen molar-refractivity contribution in [2.75, 3.05) is 11.0 Å². The van der Waals surface area contributed by atoms with Crippen molar-refractivity contribution >= 4 is 33.2 Å². The van der Waals surface area contributed by atoms with Crippen LogP contribution in [0.2, 0.25) is 5.02 Å². The standard InChI is InChI=1S/C16H14ClF3N2O3S/c1-26(24,25)22-13-7-4-11(14(17)8-13)9-21-15(23)10-2-5-12(6-3-10)16(18,19)20/h2-8,22H,9H2,1H3,(H,21,23). The molecule has 10 heteroatoms. The Morgan fingerprint density at radius 1 is 1.12 bits per heavy atom. The van der Waals surface area contributed by atoms with Gasteiger partial charge in [0.25, 0.3) is 5.91 Å². The first-order valence-electron chi connectivity index (χ1n) is 7.17. The van der Waals surface area contributed by atoms with Crippen molar-refractivity contribution in [3.63, 3.8) is 0 Å². The molecule has 26 heavy (non-hydrogen) atoms. The van der Waals surface area contributed by atoms with E-state index in [9.17, 15) is 26.4 Å². The number of halogens is 4. The van der Waals surface area contributed by atoms with Gasteiger partial charge in [0.15, 0.2) is 0 Å². The molecule has 2 aromatic rings. The molecule has 0 atom stereocenters. The highest BCUT2D eigenvalue weighted by atomic mass is 35.5. The van der Waals surface area contributed by atoms with Crippen molar-refractivity contribution in [2.24, 2.45) is 0 Å². The Balaban J connectivity index is 2.03. The fraction of sp³-hybridized carbons (Fsp3) is 0.188. The van der Waals surface area contributed by atoms with Crippen LogP contribution in [0.15, 0.2) is 42.5 Å². The van der Waals surface area contributed by atoms with Gasteiger partial charge in [0.2, 0.25) is 10.0 Å². The van der Waals surface area contributed by atoms with Gasteiger partial charge in [0, 0.05) is 22.8 Å². The van der Waals surface area contributed by atoms with Crippen LogP contribution in [-0.2, 0) is 22.7 Å². The molecule has 2 rings (SSSR count). The van der Waals surface area contributed by atoms with Crippen molar-refractivity contribution in [3.05, 3.63) is 64.2 Å². The highest BCUT2D eigenvalue weighted by Crippen LogP contribution is 2.29. The summed E-state index contributed by atoms with van der Waals surface area (Å²) in [7, 11) is -3.44. The van der Waals surface area contributed by atoms with Crippen molar-refractivity contribution in [1.29, 1.82) is 0 Å². The van der Waals surface area contributed by atoms with E-state index in [1.165, 1.54) is 18.2 Å². The van der Waals surface area contributed by atoms with E-state index in [2.05, 4.69) is 10.0 Å². The third kappa shape index (κ3) is 5.63. The number of hydrogen-bond acceptors (Lipinski definition) is 3. The van der Waals surface area contributed by atoms with Crippen LogP contribution in [0.1, 0.15) is 21.5 Å². The van der Waals surface area contributed by atoms with Crippen LogP contribution in [0.25, 0.3) is 0 Å². The summed E-state index contributed by atoms with van der Waals surface area (Å²) < 4.78 is 62.1. The van der Waals surface area contributed by atoms with Crippen molar-refractivity contribution in [3.8, 4) is 0 Å². The van der Waals surface area contributed by atoms with Gasteiger partial charge >= 0.3 is 6.18 Å². The van der Waals surface area contributed by atoms with Gasteiger partial charge in [-0.1, -0.05) is 17.7 Å². The molecule has 0 aliphatic carbocycles. The monoisotopic (exact) mass is 406 g/mol. The Labute approximate surface area is 153 Å². The Hall–Kier alpha value is -2.26. The minimum atomic E-state index is -4.47. The number of anilines is 1. The average molecular weight is 407 g/mol. The van der Waals surface area contributed by atoms with Gasteiger partial charge in [-0.3, -0.25) is 9.52 Å². The summed E-state index contributed by atoms with van der Waals surface area (Å²) in [5, 5.41) is 2.77. The van der Waals surface area contributed by atoms with Gasteiger partial charge in [-0.25, -0.2) is 8.42 Å². The zero-order valence-corrected chi connectivity index (χ0v) is 15.0. The molecule has 0 aliphatic heterocycles. The molecular weight excluding hydrogens is 393 g/mol. The smallest absolute Gasteiger partial charge is 0.348 e. The van der Waals surface area contributed by atoms with Gasteiger partial charge in [0.1, 0.15) is 0 Å². The highest BCUT2D eigenvalue weighted by Gasteiger charge is 2.30. The zero-order valence-electron chi connectivity index (χ0n) is 13.4. The summed E-state index contributed by atoms with van der Waals surface area (Å²) in [6.45, 7) is 0.0256. The van der Waals surface area contributed by atoms with Crippen LogP contribution >= 0.6 is 11.6 Å². The molecule has 0 spiro atoms. The first-order valence-corrected chi connectivity index (χ1v) is 9.44. The Bertz CT molecular complexity index is 913. The van der Waals surface area contributed by atoms with E-state index in [0.717, 1.165) is 30.5 Å². The normalized spacial score (nSPS) is 11.9.